The van der Waals surface area contributed by atoms with Gasteiger partial charge in [-0.2, -0.15) is 4.31 Å². The van der Waals surface area contributed by atoms with Crippen LogP contribution >= 0.6 is 11.6 Å². The van der Waals surface area contributed by atoms with E-state index >= 15 is 0 Å². The molecule has 0 fully saturated rings. The molecule has 10 heteroatoms. The third-order valence-corrected chi connectivity index (χ3v) is 9.88. The van der Waals surface area contributed by atoms with Gasteiger partial charge >= 0.3 is 0 Å². The van der Waals surface area contributed by atoms with Gasteiger partial charge in [0.05, 0.1) is 21.6 Å². The first-order valence-corrected chi connectivity index (χ1v) is 15.0. The van der Waals surface area contributed by atoms with Crippen LogP contribution in [0.5, 0.6) is 0 Å². The fourth-order valence-corrected chi connectivity index (χ4v) is 7.72. The molecule has 2 unspecified atom stereocenters. The predicted molar refractivity (Wildman–Crippen MR) is 147 cm³/mol. The van der Waals surface area contributed by atoms with Gasteiger partial charge in [-0.1, -0.05) is 90.5 Å². The van der Waals surface area contributed by atoms with Crippen LogP contribution in [0.2, 0.25) is 5.02 Å². The Hall–Kier alpha value is -3.50. The molecule has 0 aliphatic rings. The summed E-state index contributed by atoms with van der Waals surface area (Å²) in [6.07, 6.45) is 0. The first-order chi connectivity index (χ1) is 18.1. The molecule has 0 radical (unpaired) electrons. The number of carbonyl (C=O) groups excluding carboxylic acids is 1. The topological polar surface area (TPSA) is 115 Å². The van der Waals surface area contributed by atoms with Crippen molar-refractivity contribution in [2.45, 2.75) is 21.9 Å². The van der Waals surface area contributed by atoms with Crippen molar-refractivity contribution in [3.8, 4) is 0 Å². The van der Waals surface area contributed by atoms with Crippen molar-refractivity contribution in [1.29, 1.82) is 0 Å². The summed E-state index contributed by atoms with van der Waals surface area (Å²) in [6.45, 7) is 0. The summed E-state index contributed by atoms with van der Waals surface area (Å²) in [5, 5.41) is 0.316. The number of hydrogen-bond acceptors (Lipinski definition) is 5. The van der Waals surface area contributed by atoms with Gasteiger partial charge in [-0.15, -0.1) is 0 Å². The number of halogens is 1. The van der Waals surface area contributed by atoms with Crippen LogP contribution in [-0.2, 0) is 24.7 Å². The second-order valence-electron chi connectivity index (χ2n) is 8.53. The predicted octanol–water partition coefficient (Wildman–Crippen LogP) is 4.77. The molecule has 4 aromatic carbocycles. The third kappa shape index (κ3) is 5.97. The molecule has 38 heavy (non-hydrogen) atoms. The summed E-state index contributed by atoms with van der Waals surface area (Å²) in [5.74, 6) is -1.59. The summed E-state index contributed by atoms with van der Waals surface area (Å²) >= 11 is 6.00. The number of amides is 1. The minimum atomic E-state index is -4.50. The Balaban J connectivity index is 1.99. The van der Waals surface area contributed by atoms with Crippen molar-refractivity contribution in [2.24, 2.45) is 5.73 Å². The van der Waals surface area contributed by atoms with E-state index in [1.54, 1.807) is 78.9 Å². The molecule has 7 nitrogen and oxygen atoms in total. The molecule has 0 heterocycles. The van der Waals surface area contributed by atoms with E-state index in [1.165, 1.54) is 36.4 Å². The lowest BCUT2D eigenvalue weighted by Gasteiger charge is -2.36. The van der Waals surface area contributed by atoms with Crippen molar-refractivity contribution in [2.75, 3.05) is 5.75 Å². The Labute approximate surface area is 227 Å². The van der Waals surface area contributed by atoms with Gasteiger partial charge in [0.1, 0.15) is 6.04 Å². The summed E-state index contributed by atoms with van der Waals surface area (Å²) in [5.41, 5.74) is 6.53. The van der Waals surface area contributed by atoms with Crippen LogP contribution < -0.4 is 5.73 Å². The molecule has 0 saturated heterocycles. The van der Waals surface area contributed by atoms with Crippen LogP contribution in [0, 0.1) is 0 Å². The van der Waals surface area contributed by atoms with Crippen molar-refractivity contribution < 1.29 is 21.6 Å². The van der Waals surface area contributed by atoms with E-state index < -0.39 is 43.6 Å². The molecule has 0 saturated carbocycles. The largest absolute Gasteiger partial charge is 0.368 e. The number of sulfonamides is 1. The minimum absolute atomic E-state index is 0.0279. The van der Waals surface area contributed by atoms with Crippen LogP contribution in [0.15, 0.2) is 125 Å². The highest BCUT2D eigenvalue weighted by atomic mass is 35.5. The van der Waals surface area contributed by atoms with Crippen LogP contribution in [0.3, 0.4) is 0 Å². The number of benzene rings is 4. The van der Waals surface area contributed by atoms with Gasteiger partial charge in [-0.25, -0.2) is 16.8 Å². The fourth-order valence-electron chi connectivity index (χ4n) is 4.21. The first kappa shape index (κ1) is 27.5. The highest BCUT2D eigenvalue weighted by Gasteiger charge is 2.43. The lowest BCUT2D eigenvalue weighted by molar-refractivity contribution is -0.122. The van der Waals surface area contributed by atoms with Gasteiger partial charge in [0.25, 0.3) is 0 Å². The van der Waals surface area contributed by atoms with Crippen LogP contribution in [0.4, 0.5) is 0 Å². The van der Waals surface area contributed by atoms with Gasteiger partial charge in [0, 0.05) is 5.02 Å². The molecular formula is C28H25ClN2O5S2. The number of rotatable bonds is 10. The molecule has 0 spiro atoms. The minimum Gasteiger partial charge on any atom is -0.368 e. The molecule has 0 aliphatic heterocycles. The SMILES string of the molecule is NC(=O)C(c1ccccc1)N(C(CS(=O)(=O)c1ccccc1)c1ccccc1)S(=O)(=O)c1ccc(Cl)cc1. The molecule has 0 aromatic heterocycles. The summed E-state index contributed by atoms with van der Waals surface area (Å²) < 4.78 is 56.7. The molecular weight excluding hydrogens is 544 g/mol. The number of sulfone groups is 1. The van der Waals surface area contributed by atoms with Gasteiger partial charge in [-0.05, 0) is 47.5 Å². The Bertz CT molecular complexity index is 1600. The Morgan fingerprint density at radius 2 is 1.16 bits per heavy atom. The van der Waals surface area contributed by atoms with E-state index in [4.69, 9.17) is 17.3 Å². The average molecular weight is 569 g/mol. The molecule has 1 amide bonds. The number of primary amides is 1. The zero-order valence-corrected chi connectivity index (χ0v) is 22.5. The molecule has 4 rings (SSSR count). The van der Waals surface area contributed by atoms with Crippen molar-refractivity contribution >= 4 is 37.4 Å². The highest BCUT2D eigenvalue weighted by Crippen LogP contribution is 2.38. The zero-order chi connectivity index (χ0) is 27.3. The van der Waals surface area contributed by atoms with E-state index in [9.17, 15) is 21.6 Å². The van der Waals surface area contributed by atoms with Crippen molar-refractivity contribution in [3.05, 3.63) is 131 Å². The zero-order valence-electron chi connectivity index (χ0n) is 20.1. The average Bonchev–Trinajstić information content (AvgIpc) is 2.92. The second kappa shape index (κ2) is 11.5. The Kier molecular flexibility index (Phi) is 8.32. The maximum absolute atomic E-state index is 14.3. The van der Waals surface area contributed by atoms with Gasteiger partial charge in [0.15, 0.2) is 9.84 Å². The summed E-state index contributed by atoms with van der Waals surface area (Å²) in [6, 6.07) is 26.9. The normalized spacial score (nSPS) is 13.6. The Morgan fingerprint density at radius 1 is 0.684 bits per heavy atom. The third-order valence-electron chi connectivity index (χ3n) is 6.00. The van der Waals surface area contributed by atoms with Crippen molar-refractivity contribution in [1.82, 2.24) is 4.31 Å². The quantitative estimate of drug-likeness (QED) is 0.296. The smallest absolute Gasteiger partial charge is 0.244 e. The maximum atomic E-state index is 14.3. The van der Waals surface area contributed by atoms with Crippen LogP contribution in [0.25, 0.3) is 0 Å². The molecule has 2 atom stereocenters. The standard InChI is InChI=1S/C28H25ClN2O5S2/c29-23-16-18-25(19-17-23)38(35,36)31(27(28(30)32)22-12-6-2-7-13-22)26(21-10-4-1-5-11-21)20-37(33,34)24-14-8-3-9-15-24/h1-19,26-27H,20H2,(H2,30,32). The van der Waals surface area contributed by atoms with E-state index in [2.05, 4.69) is 0 Å². The van der Waals surface area contributed by atoms with E-state index in [0.29, 0.717) is 16.1 Å². The molecule has 4 aromatic rings. The summed E-state index contributed by atoms with van der Waals surface area (Å²) in [7, 11) is -8.53. The van der Waals surface area contributed by atoms with E-state index in [1.807, 2.05) is 0 Å². The Morgan fingerprint density at radius 3 is 1.66 bits per heavy atom. The van der Waals surface area contributed by atoms with Crippen molar-refractivity contribution in [3.63, 3.8) is 0 Å². The lowest BCUT2D eigenvalue weighted by Crippen LogP contribution is -2.45. The van der Waals surface area contributed by atoms with Gasteiger partial charge < -0.3 is 5.73 Å². The monoisotopic (exact) mass is 568 g/mol. The van der Waals surface area contributed by atoms with Crippen LogP contribution in [0.1, 0.15) is 23.2 Å². The number of nitrogens with two attached hydrogens (primary N) is 1. The number of nitrogens with zero attached hydrogens (tertiary/aromatic N) is 1. The van der Waals surface area contributed by atoms with Gasteiger partial charge in [0.2, 0.25) is 15.9 Å². The number of hydrogen-bond donors (Lipinski definition) is 1. The molecule has 0 bridgehead atoms. The molecule has 196 valence electrons. The number of carbonyl (C=O) groups is 1. The molecule has 0 aliphatic carbocycles. The van der Waals surface area contributed by atoms with Gasteiger partial charge in [-0.3, -0.25) is 4.79 Å². The van der Waals surface area contributed by atoms with Crippen LogP contribution in [-0.4, -0.2) is 32.8 Å². The lowest BCUT2D eigenvalue weighted by atomic mass is 10.0. The maximum Gasteiger partial charge on any atom is 0.244 e. The second-order valence-corrected chi connectivity index (χ2v) is 12.8. The highest BCUT2D eigenvalue weighted by molar-refractivity contribution is 7.91. The molecule has 2 N–H and O–H groups in total. The van der Waals surface area contributed by atoms with E-state index in [-0.39, 0.29) is 9.79 Å². The van der Waals surface area contributed by atoms with E-state index in [0.717, 1.165) is 4.31 Å². The fraction of sp³-hybridized carbons (Fsp3) is 0.107. The summed E-state index contributed by atoms with van der Waals surface area (Å²) in [4.78, 5) is 12.9. The first-order valence-electron chi connectivity index (χ1n) is 11.6.